The van der Waals surface area contributed by atoms with Crippen LogP contribution in [-0.2, 0) is 11.2 Å². The third-order valence-corrected chi connectivity index (χ3v) is 4.73. The highest BCUT2D eigenvalue weighted by molar-refractivity contribution is 6.38. The number of rotatable bonds is 7. The first-order valence-electron chi connectivity index (χ1n) is 8.93. The Hall–Kier alpha value is -2.83. The zero-order valence-corrected chi connectivity index (χ0v) is 17.1. The van der Waals surface area contributed by atoms with Crippen LogP contribution in [0.15, 0.2) is 56.8 Å². The lowest BCUT2D eigenvalue weighted by molar-refractivity contribution is -0.123. The third kappa shape index (κ3) is 5.37. The molecule has 1 aromatic heterocycles. The van der Waals surface area contributed by atoms with Gasteiger partial charge in [-0.15, -0.1) is 0 Å². The van der Waals surface area contributed by atoms with E-state index in [1.54, 1.807) is 30.3 Å². The Morgan fingerprint density at radius 2 is 1.97 bits per heavy atom. The smallest absolute Gasteiger partial charge is 0.336 e. The van der Waals surface area contributed by atoms with E-state index in [1.165, 1.54) is 12.3 Å². The Labute approximate surface area is 177 Å². The molecule has 0 saturated heterocycles. The standard InChI is InChI=1S/C21H18Cl2N2O4/c1-2-4-13-9-21(27)29-19-10-14(7-8-15(13)19)28-12-20(26)25-24-11-16-17(22)5-3-6-18(16)23/h3,5-11H,2,4,12H2,1H3,(H,25,26). The number of nitrogens with zero attached hydrogens (tertiary/aromatic N) is 1. The molecule has 8 heteroatoms. The second-order valence-corrected chi connectivity index (χ2v) is 7.03. The first kappa shape index (κ1) is 20.9. The Bertz CT molecular complexity index is 1110. The van der Waals surface area contributed by atoms with Crippen molar-refractivity contribution in [1.29, 1.82) is 0 Å². The summed E-state index contributed by atoms with van der Waals surface area (Å²) in [6.07, 6.45) is 3.05. The van der Waals surface area contributed by atoms with Crippen LogP contribution in [0.1, 0.15) is 24.5 Å². The number of hydrogen-bond donors (Lipinski definition) is 1. The summed E-state index contributed by atoms with van der Waals surface area (Å²) in [5, 5.41) is 5.53. The molecule has 3 aromatic rings. The molecule has 0 spiro atoms. The average molecular weight is 433 g/mol. The fourth-order valence-corrected chi connectivity index (χ4v) is 3.26. The molecule has 0 radical (unpaired) electrons. The summed E-state index contributed by atoms with van der Waals surface area (Å²) >= 11 is 12.1. The lowest BCUT2D eigenvalue weighted by atomic mass is 10.1. The number of carbonyl (C=O) groups excluding carboxylic acids is 1. The largest absolute Gasteiger partial charge is 0.484 e. The van der Waals surface area contributed by atoms with E-state index in [-0.39, 0.29) is 6.61 Å². The van der Waals surface area contributed by atoms with Gasteiger partial charge in [-0.3, -0.25) is 4.79 Å². The minimum absolute atomic E-state index is 0.266. The van der Waals surface area contributed by atoms with Crippen molar-refractivity contribution in [1.82, 2.24) is 5.43 Å². The summed E-state index contributed by atoms with van der Waals surface area (Å²) in [6.45, 7) is 1.77. The number of hydrazone groups is 1. The first-order chi connectivity index (χ1) is 14.0. The van der Waals surface area contributed by atoms with Crippen molar-refractivity contribution in [3.63, 3.8) is 0 Å². The Morgan fingerprint density at radius 3 is 2.69 bits per heavy atom. The molecule has 0 aliphatic heterocycles. The highest BCUT2D eigenvalue weighted by Gasteiger charge is 2.08. The molecule has 3 rings (SSSR count). The first-order valence-corrected chi connectivity index (χ1v) is 9.69. The zero-order chi connectivity index (χ0) is 20.8. The second kappa shape index (κ2) is 9.58. The van der Waals surface area contributed by atoms with Crippen LogP contribution >= 0.6 is 23.2 Å². The summed E-state index contributed by atoms with van der Waals surface area (Å²) in [4.78, 5) is 23.7. The van der Waals surface area contributed by atoms with Crippen LogP contribution in [-0.4, -0.2) is 18.7 Å². The number of carbonyl (C=O) groups is 1. The third-order valence-electron chi connectivity index (χ3n) is 4.07. The van der Waals surface area contributed by atoms with Crippen LogP contribution in [0.25, 0.3) is 11.0 Å². The molecule has 0 unspecified atom stereocenters. The van der Waals surface area contributed by atoms with E-state index in [9.17, 15) is 9.59 Å². The maximum Gasteiger partial charge on any atom is 0.336 e. The van der Waals surface area contributed by atoms with Gasteiger partial charge >= 0.3 is 5.63 Å². The van der Waals surface area contributed by atoms with Crippen LogP contribution < -0.4 is 15.8 Å². The van der Waals surface area contributed by atoms with E-state index in [0.717, 1.165) is 23.8 Å². The number of aryl methyl sites for hydroxylation is 1. The zero-order valence-electron chi connectivity index (χ0n) is 15.6. The van der Waals surface area contributed by atoms with E-state index in [1.807, 2.05) is 13.0 Å². The predicted molar refractivity (Wildman–Crippen MR) is 114 cm³/mol. The van der Waals surface area contributed by atoms with E-state index >= 15 is 0 Å². The normalized spacial score (nSPS) is 11.1. The Balaban J connectivity index is 1.63. The maximum atomic E-state index is 11.9. The van der Waals surface area contributed by atoms with Crippen molar-refractivity contribution in [2.24, 2.45) is 5.10 Å². The minimum atomic E-state index is -0.467. The SMILES string of the molecule is CCCc1cc(=O)oc2cc(OCC(=O)NN=Cc3c(Cl)cccc3Cl)ccc12. The molecule has 1 amide bonds. The van der Waals surface area contributed by atoms with Gasteiger partial charge in [-0.25, -0.2) is 10.2 Å². The van der Waals surface area contributed by atoms with Gasteiger partial charge in [0.25, 0.3) is 5.91 Å². The summed E-state index contributed by atoms with van der Waals surface area (Å²) < 4.78 is 10.7. The van der Waals surface area contributed by atoms with Gasteiger partial charge in [0.1, 0.15) is 11.3 Å². The van der Waals surface area contributed by atoms with Crippen molar-refractivity contribution in [3.8, 4) is 5.75 Å². The molecule has 1 heterocycles. The van der Waals surface area contributed by atoms with Gasteiger partial charge in [-0.05, 0) is 36.2 Å². The van der Waals surface area contributed by atoms with Gasteiger partial charge in [0, 0.05) is 23.1 Å². The van der Waals surface area contributed by atoms with Gasteiger partial charge in [-0.1, -0.05) is 42.6 Å². The molecule has 2 aromatic carbocycles. The predicted octanol–water partition coefficient (Wildman–Crippen LogP) is 4.58. The van der Waals surface area contributed by atoms with E-state index in [2.05, 4.69) is 10.5 Å². The summed E-state index contributed by atoms with van der Waals surface area (Å²) in [5.41, 5.74) is 3.78. The maximum absolute atomic E-state index is 11.9. The van der Waals surface area contributed by atoms with Gasteiger partial charge in [-0.2, -0.15) is 5.10 Å². The molecule has 0 bridgehead atoms. The molecular formula is C21H18Cl2N2O4. The van der Waals surface area contributed by atoms with Crippen molar-refractivity contribution in [3.05, 3.63) is 74.1 Å². The fourth-order valence-electron chi connectivity index (χ4n) is 2.76. The van der Waals surface area contributed by atoms with Gasteiger partial charge in [0.2, 0.25) is 0 Å². The molecule has 150 valence electrons. The number of halogens is 2. The molecular weight excluding hydrogens is 415 g/mol. The van der Waals surface area contributed by atoms with E-state index in [4.69, 9.17) is 32.4 Å². The van der Waals surface area contributed by atoms with Crippen molar-refractivity contribution < 1.29 is 13.9 Å². The van der Waals surface area contributed by atoms with Crippen molar-refractivity contribution in [2.75, 3.05) is 6.61 Å². The Morgan fingerprint density at radius 1 is 1.21 bits per heavy atom. The highest BCUT2D eigenvalue weighted by atomic mass is 35.5. The molecule has 1 N–H and O–H groups in total. The number of benzene rings is 2. The lowest BCUT2D eigenvalue weighted by Gasteiger charge is -2.08. The molecule has 0 aliphatic rings. The molecule has 6 nitrogen and oxygen atoms in total. The molecule has 0 atom stereocenters. The highest BCUT2D eigenvalue weighted by Crippen LogP contribution is 2.24. The molecule has 0 fully saturated rings. The number of ether oxygens (including phenoxy) is 1. The molecule has 29 heavy (non-hydrogen) atoms. The van der Waals surface area contributed by atoms with Crippen molar-refractivity contribution >= 4 is 46.3 Å². The van der Waals surface area contributed by atoms with Crippen LogP contribution in [0.3, 0.4) is 0 Å². The monoisotopic (exact) mass is 432 g/mol. The molecule has 0 aliphatic carbocycles. The van der Waals surface area contributed by atoms with E-state index in [0.29, 0.717) is 26.9 Å². The average Bonchev–Trinajstić information content (AvgIpc) is 2.68. The van der Waals surface area contributed by atoms with Gasteiger partial charge in [0.15, 0.2) is 6.61 Å². The number of nitrogens with one attached hydrogen (secondary N) is 1. The minimum Gasteiger partial charge on any atom is -0.484 e. The summed E-state index contributed by atoms with van der Waals surface area (Å²) in [5.74, 6) is -0.0618. The van der Waals surface area contributed by atoms with Crippen LogP contribution in [0.2, 0.25) is 10.0 Å². The topological polar surface area (TPSA) is 80.9 Å². The fraction of sp³-hybridized carbons (Fsp3) is 0.190. The van der Waals surface area contributed by atoms with Crippen LogP contribution in [0.5, 0.6) is 5.75 Å². The Kier molecular flexibility index (Phi) is 6.90. The summed E-state index contributed by atoms with van der Waals surface area (Å²) in [7, 11) is 0. The van der Waals surface area contributed by atoms with Crippen LogP contribution in [0, 0.1) is 0 Å². The van der Waals surface area contributed by atoms with Crippen LogP contribution in [0.4, 0.5) is 0 Å². The quantitative estimate of drug-likeness (QED) is 0.336. The molecule has 0 saturated carbocycles. The number of fused-ring (bicyclic) bond motifs is 1. The number of amides is 1. The van der Waals surface area contributed by atoms with Gasteiger partial charge < -0.3 is 9.15 Å². The second-order valence-electron chi connectivity index (χ2n) is 6.22. The van der Waals surface area contributed by atoms with E-state index < -0.39 is 11.5 Å². The number of hydrogen-bond acceptors (Lipinski definition) is 5. The van der Waals surface area contributed by atoms with Crippen molar-refractivity contribution in [2.45, 2.75) is 19.8 Å². The van der Waals surface area contributed by atoms with Gasteiger partial charge in [0.05, 0.1) is 16.3 Å². The summed E-state index contributed by atoms with van der Waals surface area (Å²) in [6, 6.07) is 11.7. The lowest BCUT2D eigenvalue weighted by Crippen LogP contribution is -2.24.